The number of aliphatic hydroxyl groups excluding tert-OH is 1. The van der Waals surface area contributed by atoms with Gasteiger partial charge in [0.05, 0.1) is 11.7 Å². The van der Waals surface area contributed by atoms with Crippen molar-refractivity contribution >= 4 is 0 Å². The lowest BCUT2D eigenvalue weighted by atomic mass is 9.83. The first kappa shape index (κ1) is 12.4. The molecule has 2 bridgehead atoms. The molecule has 2 heteroatoms. The number of rotatable bonds is 5. The molecule has 2 fully saturated rings. The van der Waals surface area contributed by atoms with Crippen molar-refractivity contribution in [1.82, 2.24) is 0 Å². The molecule has 94 valence electrons. The van der Waals surface area contributed by atoms with Crippen molar-refractivity contribution in [3.05, 3.63) is 0 Å². The largest absolute Gasteiger partial charge is 0.393 e. The molecule has 2 saturated carbocycles. The molecule has 4 unspecified atom stereocenters. The van der Waals surface area contributed by atoms with E-state index in [1.54, 1.807) is 7.11 Å². The van der Waals surface area contributed by atoms with E-state index in [-0.39, 0.29) is 11.7 Å². The number of hydrogen-bond donors (Lipinski definition) is 1. The molecule has 0 amide bonds. The summed E-state index contributed by atoms with van der Waals surface area (Å²) in [5, 5.41) is 10.1. The van der Waals surface area contributed by atoms with E-state index in [9.17, 15) is 5.11 Å². The summed E-state index contributed by atoms with van der Waals surface area (Å²) in [6, 6.07) is 0. The van der Waals surface area contributed by atoms with Crippen molar-refractivity contribution in [2.24, 2.45) is 17.8 Å². The molecule has 0 radical (unpaired) electrons. The summed E-state index contributed by atoms with van der Waals surface area (Å²) in [7, 11) is 1.73. The average molecular weight is 226 g/mol. The molecular formula is C14H26O2. The fourth-order valence-corrected chi connectivity index (χ4v) is 3.75. The van der Waals surface area contributed by atoms with Crippen LogP contribution in [0.4, 0.5) is 0 Å². The van der Waals surface area contributed by atoms with Crippen molar-refractivity contribution in [2.75, 3.05) is 7.11 Å². The lowest BCUT2D eigenvalue weighted by molar-refractivity contribution is -0.0263. The van der Waals surface area contributed by atoms with Gasteiger partial charge in [0.2, 0.25) is 0 Å². The van der Waals surface area contributed by atoms with Crippen LogP contribution < -0.4 is 0 Å². The summed E-state index contributed by atoms with van der Waals surface area (Å²) in [5.41, 5.74) is -0.183. The minimum Gasteiger partial charge on any atom is -0.393 e. The summed E-state index contributed by atoms with van der Waals surface area (Å²) < 4.78 is 5.37. The van der Waals surface area contributed by atoms with Gasteiger partial charge in [-0.1, -0.05) is 6.42 Å². The molecule has 2 nitrogen and oxygen atoms in total. The molecule has 2 rings (SSSR count). The normalized spacial score (nSPS) is 35.6. The molecule has 0 aromatic rings. The maximum Gasteiger partial charge on any atom is 0.0647 e. The van der Waals surface area contributed by atoms with E-state index in [1.807, 2.05) is 0 Å². The van der Waals surface area contributed by atoms with E-state index in [0.29, 0.717) is 0 Å². The van der Waals surface area contributed by atoms with Crippen molar-refractivity contribution in [3.8, 4) is 0 Å². The van der Waals surface area contributed by atoms with Gasteiger partial charge < -0.3 is 9.84 Å². The van der Waals surface area contributed by atoms with E-state index in [4.69, 9.17) is 4.74 Å². The predicted octanol–water partition coefficient (Wildman–Crippen LogP) is 2.99. The molecule has 16 heavy (non-hydrogen) atoms. The van der Waals surface area contributed by atoms with Crippen molar-refractivity contribution in [3.63, 3.8) is 0 Å². The summed E-state index contributed by atoms with van der Waals surface area (Å²) in [5.74, 6) is 2.70. The van der Waals surface area contributed by atoms with Crippen molar-refractivity contribution in [2.45, 2.75) is 64.1 Å². The Morgan fingerprint density at radius 1 is 1.31 bits per heavy atom. The molecule has 0 saturated heterocycles. The van der Waals surface area contributed by atoms with Crippen LogP contribution in [0.15, 0.2) is 0 Å². The van der Waals surface area contributed by atoms with Gasteiger partial charge in [0.1, 0.15) is 0 Å². The van der Waals surface area contributed by atoms with Gasteiger partial charge in [0, 0.05) is 13.5 Å². The topological polar surface area (TPSA) is 29.5 Å². The molecule has 0 aliphatic heterocycles. The van der Waals surface area contributed by atoms with Crippen molar-refractivity contribution < 1.29 is 9.84 Å². The SMILES string of the molecule is COC(C)(C)CC(O)CC1CC2CCC1C2. The van der Waals surface area contributed by atoms with Crippen LogP contribution in [0.1, 0.15) is 52.4 Å². The van der Waals surface area contributed by atoms with Crippen LogP contribution in [-0.4, -0.2) is 23.9 Å². The van der Waals surface area contributed by atoms with Crippen LogP contribution in [-0.2, 0) is 4.74 Å². The summed E-state index contributed by atoms with van der Waals surface area (Å²) >= 11 is 0. The zero-order valence-corrected chi connectivity index (χ0v) is 10.9. The second-order valence-corrected chi connectivity index (χ2v) is 6.49. The Kier molecular flexibility index (Phi) is 3.60. The molecule has 0 aromatic carbocycles. The number of hydrogen-bond acceptors (Lipinski definition) is 2. The lowest BCUT2D eigenvalue weighted by Gasteiger charge is -2.29. The van der Waals surface area contributed by atoms with E-state index in [1.165, 1.54) is 25.7 Å². The smallest absolute Gasteiger partial charge is 0.0647 e. The Labute approximate surface area is 99.4 Å². The highest BCUT2D eigenvalue weighted by atomic mass is 16.5. The Bertz CT molecular complexity index is 237. The first-order valence-corrected chi connectivity index (χ1v) is 6.73. The third-order valence-corrected chi connectivity index (χ3v) is 4.74. The van der Waals surface area contributed by atoms with Gasteiger partial charge in [-0.3, -0.25) is 0 Å². The van der Waals surface area contributed by atoms with E-state index in [0.717, 1.165) is 30.6 Å². The average Bonchev–Trinajstić information content (AvgIpc) is 2.78. The maximum atomic E-state index is 10.1. The standard InChI is InChI=1S/C14H26O2/c1-14(2,16-3)9-13(15)8-12-7-10-4-5-11(12)6-10/h10-13,15H,4-9H2,1-3H3. The molecule has 0 aromatic heterocycles. The molecule has 2 aliphatic rings. The summed E-state index contributed by atoms with van der Waals surface area (Å²) in [6.07, 6.45) is 7.24. The van der Waals surface area contributed by atoms with Gasteiger partial charge in [0.15, 0.2) is 0 Å². The van der Waals surface area contributed by atoms with Crippen LogP contribution in [0.3, 0.4) is 0 Å². The summed E-state index contributed by atoms with van der Waals surface area (Å²) in [6.45, 7) is 4.11. The molecular weight excluding hydrogens is 200 g/mol. The Morgan fingerprint density at radius 3 is 2.56 bits per heavy atom. The van der Waals surface area contributed by atoms with Crippen LogP contribution in [0.2, 0.25) is 0 Å². The molecule has 1 N–H and O–H groups in total. The lowest BCUT2D eigenvalue weighted by Crippen LogP contribution is -2.30. The Morgan fingerprint density at radius 2 is 2.06 bits per heavy atom. The minimum absolute atomic E-state index is 0.181. The fourth-order valence-electron chi connectivity index (χ4n) is 3.75. The number of ether oxygens (including phenoxy) is 1. The highest BCUT2D eigenvalue weighted by Gasteiger charge is 2.40. The zero-order chi connectivity index (χ0) is 11.8. The first-order valence-electron chi connectivity index (χ1n) is 6.73. The van der Waals surface area contributed by atoms with Crippen LogP contribution in [0, 0.1) is 17.8 Å². The number of methoxy groups -OCH3 is 1. The van der Waals surface area contributed by atoms with Gasteiger partial charge in [-0.2, -0.15) is 0 Å². The third kappa shape index (κ3) is 2.78. The second kappa shape index (κ2) is 4.66. The number of fused-ring (bicyclic) bond motifs is 2. The molecule has 0 spiro atoms. The van der Waals surface area contributed by atoms with Gasteiger partial charge in [-0.15, -0.1) is 0 Å². The van der Waals surface area contributed by atoms with E-state index < -0.39 is 0 Å². The Hall–Kier alpha value is -0.0800. The predicted molar refractivity (Wildman–Crippen MR) is 65.3 cm³/mol. The van der Waals surface area contributed by atoms with Crippen LogP contribution >= 0.6 is 0 Å². The third-order valence-electron chi connectivity index (χ3n) is 4.74. The van der Waals surface area contributed by atoms with Gasteiger partial charge in [-0.25, -0.2) is 0 Å². The Balaban J connectivity index is 1.77. The highest BCUT2D eigenvalue weighted by Crippen LogP contribution is 2.50. The second-order valence-electron chi connectivity index (χ2n) is 6.49. The minimum atomic E-state index is -0.183. The summed E-state index contributed by atoms with van der Waals surface area (Å²) in [4.78, 5) is 0. The first-order chi connectivity index (χ1) is 7.50. The van der Waals surface area contributed by atoms with Crippen molar-refractivity contribution in [1.29, 1.82) is 0 Å². The van der Waals surface area contributed by atoms with Gasteiger partial charge in [0.25, 0.3) is 0 Å². The molecule has 4 atom stereocenters. The van der Waals surface area contributed by atoms with Gasteiger partial charge in [-0.05, 0) is 57.3 Å². The quantitative estimate of drug-likeness (QED) is 0.781. The van der Waals surface area contributed by atoms with Crippen LogP contribution in [0.5, 0.6) is 0 Å². The molecule has 2 aliphatic carbocycles. The van der Waals surface area contributed by atoms with Crippen LogP contribution in [0.25, 0.3) is 0 Å². The fraction of sp³-hybridized carbons (Fsp3) is 1.00. The maximum absolute atomic E-state index is 10.1. The van der Waals surface area contributed by atoms with E-state index in [2.05, 4.69) is 13.8 Å². The zero-order valence-electron chi connectivity index (χ0n) is 10.9. The number of aliphatic hydroxyl groups is 1. The van der Waals surface area contributed by atoms with E-state index >= 15 is 0 Å². The molecule has 0 heterocycles. The van der Waals surface area contributed by atoms with Gasteiger partial charge >= 0.3 is 0 Å². The monoisotopic (exact) mass is 226 g/mol. The highest BCUT2D eigenvalue weighted by molar-refractivity contribution is 4.91.